The quantitative estimate of drug-likeness (QED) is 0.811. The first-order valence-electron chi connectivity index (χ1n) is 5.85. The van der Waals surface area contributed by atoms with Crippen LogP contribution in [0.15, 0.2) is 0 Å². The smallest absolute Gasteiger partial charge is 0.205 e. The van der Waals surface area contributed by atoms with Gasteiger partial charge in [0.1, 0.15) is 5.82 Å². The lowest BCUT2D eigenvalue weighted by molar-refractivity contribution is 0.0498. The van der Waals surface area contributed by atoms with Crippen LogP contribution in [0.1, 0.15) is 26.1 Å². The molecule has 1 fully saturated rings. The predicted octanol–water partition coefficient (Wildman–Crippen LogP) is 1.96. The van der Waals surface area contributed by atoms with Crippen molar-refractivity contribution in [2.75, 3.05) is 25.1 Å². The highest BCUT2D eigenvalue weighted by molar-refractivity contribution is 7.09. The molecule has 0 spiro atoms. The molecule has 0 radical (unpaired) electrons. The number of hydrogen-bond acceptors (Lipinski definition) is 5. The van der Waals surface area contributed by atoms with Gasteiger partial charge in [-0.2, -0.15) is 4.37 Å². The Morgan fingerprint density at radius 1 is 1.56 bits per heavy atom. The van der Waals surface area contributed by atoms with Gasteiger partial charge >= 0.3 is 0 Å². The van der Waals surface area contributed by atoms with Crippen molar-refractivity contribution < 1.29 is 4.74 Å². The van der Waals surface area contributed by atoms with Gasteiger partial charge in [-0.3, -0.25) is 0 Å². The first-order valence-corrected chi connectivity index (χ1v) is 6.62. The summed E-state index contributed by atoms with van der Waals surface area (Å²) in [7, 11) is 1.79. The van der Waals surface area contributed by atoms with Crippen molar-refractivity contribution in [2.24, 2.45) is 5.92 Å². The normalized spacial score (nSPS) is 26.1. The van der Waals surface area contributed by atoms with E-state index in [2.05, 4.69) is 28.1 Å². The zero-order chi connectivity index (χ0) is 11.5. The number of aromatic nitrogens is 2. The lowest BCUT2D eigenvalue weighted by Gasteiger charge is -2.35. The van der Waals surface area contributed by atoms with E-state index in [9.17, 15) is 0 Å². The number of rotatable bonds is 3. The van der Waals surface area contributed by atoms with E-state index in [-0.39, 0.29) is 0 Å². The number of aryl methyl sites for hydroxylation is 1. The average molecular weight is 241 g/mol. The molecule has 90 valence electrons. The number of hydrogen-bond donors (Lipinski definition) is 0. The van der Waals surface area contributed by atoms with E-state index in [0.717, 1.165) is 30.5 Å². The SMILES string of the molecule is CCc1nsc(N2CCC(C)C(OC)C2)n1. The molecular weight excluding hydrogens is 222 g/mol. The fraction of sp³-hybridized carbons (Fsp3) is 0.818. The average Bonchev–Trinajstić information content (AvgIpc) is 2.78. The van der Waals surface area contributed by atoms with Crippen LogP contribution >= 0.6 is 11.5 Å². The first-order chi connectivity index (χ1) is 7.74. The summed E-state index contributed by atoms with van der Waals surface area (Å²) < 4.78 is 9.83. The third kappa shape index (κ3) is 2.35. The van der Waals surface area contributed by atoms with Crippen molar-refractivity contribution in [3.05, 3.63) is 5.82 Å². The van der Waals surface area contributed by atoms with E-state index in [1.54, 1.807) is 7.11 Å². The van der Waals surface area contributed by atoms with Gasteiger partial charge in [0.2, 0.25) is 5.13 Å². The predicted molar refractivity (Wildman–Crippen MR) is 66.1 cm³/mol. The second-order valence-electron chi connectivity index (χ2n) is 4.33. The minimum Gasteiger partial charge on any atom is -0.379 e. The Labute approximate surface area is 101 Å². The zero-order valence-electron chi connectivity index (χ0n) is 10.1. The Hall–Kier alpha value is -0.680. The monoisotopic (exact) mass is 241 g/mol. The van der Waals surface area contributed by atoms with Gasteiger partial charge in [-0.15, -0.1) is 0 Å². The third-order valence-corrected chi connectivity index (χ3v) is 4.05. The molecule has 2 heterocycles. The molecule has 16 heavy (non-hydrogen) atoms. The first kappa shape index (κ1) is 11.8. The maximum atomic E-state index is 5.50. The molecule has 0 aliphatic carbocycles. The van der Waals surface area contributed by atoms with Crippen LogP contribution in [0.5, 0.6) is 0 Å². The number of nitrogens with zero attached hydrogens (tertiary/aromatic N) is 3. The van der Waals surface area contributed by atoms with E-state index in [1.165, 1.54) is 18.0 Å². The molecule has 2 atom stereocenters. The number of methoxy groups -OCH3 is 1. The molecule has 0 N–H and O–H groups in total. The Balaban J connectivity index is 2.05. The van der Waals surface area contributed by atoms with E-state index in [0.29, 0.717) is 12.0 Å². The fourth-order valence-electron chi connectivity index (χ4n) is 2.03. The molecule has 1 saturated heterocycles. The molecule has 0 bridgehead atoms. The van der Waals surface area contributed by atoms with Crippen molar-refractivity contribution in [2.45, 2.75) is 32.8 Å². The molecule has 4 nitrogen and oxygen atoms in total. The van der Waals surface area contributed by atoms with Gasteiger partial charge in [-0.05, 0) is 12.3 Å². The second-order valence-corrected chi connectivity index (χ2v) is 5.06. The molecule has 1 aliphatic heterocycles. The summed E-state index contributed by atoms with van der Waals surface area (Å²) in [5, 5.41) is 1.05. The van der Waals surface area contributed by atoms with Crippen LogP contribution in [0, 0.1) is 5.92 Å². The minimum atomic E-state index is 0.322. The summed E-state index contributed by atoms with van der Waals surface area (Å²) >= 11 is 1.50. The maximum Gasteiger partial charge on any atom is 0.205 e. The van der Waals surface area contributed by atoms with Crippen LogP contribution in [-0.4, -0.2) is 35.7 Å². The van der Waals surface area contributed by atoms with E-state index in [1.807, 2.05) is 0 Å². The number of anilines is 1. The minimum absolute atomic E-state index is 0.322. The second kappa shape index (κ2) is 5.10. The highest BCUT2D eigenvalue weighted by atomic mass is 32.1. The van der Waals surface area contributed by atoms with E-state index in [4.69, 9.17) is 4.74 Å². The molecule has 1 aromatic rings. The molecule has 2 rings (SSSR count). The van der Waals surface area contributed by atoms with Gasteiger partial charge < -0.3 is 9.64 Å². The third-order valence-electron chi connectivity index (χ3n) is 3.24. The lowest BCUT2D eigenvalue weighted by atomic mass is 9.96. The Morgan fingerprint density at radius 3 is 3.00 bits per heavy atom. The van der Waals surface area contributed by atoms with Crippen molar-refractivity contribution in [3.8, 4) is 0 Å². The van der Waals surface area contributed by atoms with Crippen molar-refractivity contribution >= 4 is 16.7 Å². The van der Waals surface area contributed by atoms with E-state index < -0.39 is 0 Å². The summed E-state index contributed by atoms with van der Waals surface area (Å²) in [5.74, 6) is 1.59. The molecule has 1 aliphatic rings. The topological polar surface area (TPSA) is 38.2 Å². The van der Waals surface area contributed by atoms with Gasteiger partial charge in [0.05, 0.1) is 6.10 Å². The summed E-state index contributed by atoms with van der Waals surface area (Å²) in [5.41, 5.74) is 0. The Morgan fingerprint density at radius 2 is 2.38 bits per heavy atom. The molecule has 5 heteroatoms. The van der Waals surface area contributed by atoms with Gasteiger partial charge in [0.25, 0.3) is 0 Å². The largest absolute Gasteiger partial charge is 0.379 e. The zero-order valence-corrected chi connectivity index (χ0v) is 11.0. The van der Waals surface area contributed by atoms with Gasteiger partial charge in [0.15, 0.2) is 0 Å². The summed E-state index contributed by atoms with van der Waals surface area (Å²) in [6, 6.07) is 0. The summed E-state index contributed by atoms with van der Waals surface area (Å²) in [6.07, 6.45) is 2.40. The highest BCUT2D eigenvalue weighted by Gasteiger charge is 2.27. The van der Waals surface area contributed by atoms with Crippen LogP contribution in [0.2, 0.25) is 0 Å². The number of piperidine rings is 1. The van der Waals surface area contributed by atoms with Crippen LogP contribution in [0.4, 0.5) is 5.13 Å². The van der Waals surface area contributed by atoms with Crippen LogP contribution in [0.3, 0.4) is 0 Å². The molecule has 2 unspecified atom stereocenters. The number of ether oxygens (including phenoxy) is 1. The molecule has 0 saturated carbocycles. The van der Waals surface area contributed by atoms with Crippen molar-refractivity contribution in [3.63, 3.8) is 0 Å². The molecule has 0 amide bonds. The van der Waals surface area contributed by atoms with Crippen LogP contribution in [-0.2, 0) is 11.2 Å². The van der Waals surface area contributed by atoms with Crippen molar-refractivity contribution in [1.29, 1.82) is 0 Å². The summed E-state index contributed by atoms with van der Waals surface area (Å²) in [6.45, 7) is 6.35. The van der Waals surface area contributed by atoms with Gasteiger partial charge in [0, 0.05) is 38.2 Å². The molecular formula is C11H19N3OS. The maximum absolute atomic E-state index is 5.50. The van der Waals surface area contributed by atoms with Crippen LogP contribution in [0.25, 0.3) is 0 Å². The Kier molecular flexibility index (Phi) is 3.76. The highest BCUT2D eigenvalue weighted by Crippen LogP contribution is 2.25. The summed E-state index contributed by atoms with van der Waals surface area (Å²) in [4.78, 5) is 6.82. The Bertz CT molecular complexity index is 342. The molecule has 0 aromatic carbocycles. The fourth-order valence-corrected chi connectivity index (χ4v) is 2.82. The van der Waals surface area contributed by atoms with Crippen molar-refractivity contribution in [1.82, 2.24) is 9.36 Å². The van der Waals surface area contributed by atoms with Crippen LogP contribution < -0.4 is 4.90 Å². The standard InChI is InChI=1S/C11H19N3OS/c1-4-10-12-11(16-13-10)14-6-5-8(2)9(7-14)15-3/h8-9H,4-7H2,1-3H3. The van der Waals surface area contributed by atoms with E-state index >= 15 is 0 Å². The van der Waals surface area contributed by atoms with Gasteiger partial charge in [-0.1, -0.05) is 13.8 Å². The van der Waals surface area contributed by atoms with Gasteiger partial charge in [-0.25, -0.2) is 4.98 Å². The lowest BCUT2D eigenvalue weighted by Crippen LogP contribution is -2.43. The molecule has 1 aromatic heterocycles.